The quantitative estimate of drug-likeness (QED) is 0.803. The van der Waals surface area contributed by atoms with Crippen LogP contribution in [-0.2, 0) is 9.59 Å². The molecule has 22 heavy (non-hydrogen) atoms. The molecule has 1 aliphatic heterocycles. The van der Waals surface area contributed by atoms with Crippen molar-refractivity contribution in [2.24, 2.45) is 0 Å². The first-order valence-corrected chi connectivity index (χ1v) is 7.83. The van der Waals surface area contributed by atoms with Crippen LogP contribution in [0.3, 0.4) is 0 Å². The number of nitrogens with zero attached hydrogens (tertiary/aromatic N) is 1. The van der Waals surface area contributed by atoms with Crippen molar-refractivity contribution in [3.8, 4) is 0 Å². The van der Waals surface area contributed by atoms with Crippen molar-refractivity contribution in [2.75, 3.05) is 7.05 Å². The molecule has 0 saturated heterocycles. The highest BCUT2D eigenvalue weighted by Crippen LogP contribution is 2.39. The molecule has 1 aliphatic rings. The predicted octanol–water partition coefficient (Wildman–Crippen LogP) is 3.84. The number of benzene rings is 2. The van der Waals surface area contributed by atoms with E-state index in [4.69, 9.17) is 11.6 Å². The summed E-state index contributed by atoms with van der Waals surface area (Å²) < 4.78 is 0. The number of rotatable bonds is 3. The van der Waals surface area contributed by atoms with Gasteiger partial charge in [-0.1, -0.05) is 53.7 Å². The molecule has 5 heteroatoms. The summed E-state index contributed by atoms with van der Waals surface area (Å²) in [5, 5.41) is 0.590. The number of carbonyl (C=O) groups excluding carboxylic acids is 2. The first-order valence-electron chi connectivity index (χ1n) is 6.63. The van der Waals surface area contributed by atoms with E-state index < -0.39 is 0 Å². The van der Waals surface area contributed by atoms with E-state index in [1.54, 1.807) is 24.3 Å². The van der Waals surface area contributed by atoms with Gasteiger partial charge in [0.05, 0.1) is 10.5 Å². The highest BCUT2D eigenvalue weighted by atomic mass is 35.5. The molecule has 0 fully saturated rings. The average molecular weight is 330 g/mol. The summed E-state index contributed by atoms with van der Waals surface area (Å²) in [7, 11) is 1.50. The third-order valence-corrected chi connectivity index (χ3v) is 4.68. The molecule has 2 aromatic carbocycles. The lowest BCUT2D eigenvalue weighted by molar-refractivity contribution is -0.134. The number of hydrogen-bond donors (Lipinski definition) is 0. The number of imide groups is 1. The Kier molecular flexibility index (Phi) is 4.05. The number of halogens is 1. The molecule has 0 spiro atoms. The Bertz CT molecular complexity index is 769. The lowest BCUT2D eigenvalue weighted by Gasteiger charge is -2.06. The Labute approximate surface area is 137 Å². The van der Waals surface area contributed by atoms with E-state index in [2.05, 4.69) is 0 Å². The van der Waals surface area contributed by atoms with Crippen LogP contribution in [0, 0.1) is 0 Å². The molecule has 0 unspecified atom stereocenters. The van der Waals surface area contributed by atoms with Crippen LogP contribution in [0.15, 0.2) is 64.4 Å². The second kappa shape index (κ2) is 5.99. The molecule has 1 heterocycles. The van der Waals surface area contributed by atoms with Gasteiger partial charge >= 0.3 is 0 Å². The van der Waals surface area contributed by atoms with Crippen LogP contribution in [0.4, 0.5) is 0 Å². The van der Waals surface area contributed by atoms with Crippen molar-refractivity contribution in [2.45, 2.75) is 4.90 Å². The molecular formula is C17H12ClNO2S. The normalized spacial score (nSPS) is 14.9. The van der Waals surface area contributed by atoms with Gasteiger partial charge in [0.25, 0.3) is 11.8 Å². The second-order valence-corrected chi connectivity index (χ2v) is 6.32. The number of hydrogen-bond acceptors (Lipinski definition) is 3. The Balaban J connectivity index is 2.08. The van der Waals surface area contributed by atoms with Gasteiger partial charge in [0.1, 0.15) is 0 Å². The summed E-state index contributed by atoms with van der Waals surface area (Å²) in [4.78, 5) is 27.3. The third-order valence-electron chi connectivity index (χ3n) is 3.34. The molecule has 3 rings (SSSR count). The molecule has 0 aliphatic carbocycles. The summed E-state index contributed by atoms with van der Waals surface area (Å²) in [5.74, 6) is -0.561. The lowest BCUT2D eigenvalue weighted by Crippen LogP contribution is -2.26. The zero-order chi connectivity index (χ0) is 15.7. The topological polar surface area (TPSA) is 37.4 Å². The Morgan fingerprint density at radius 1 is 0.909 bits per heavy atom. The van der Waals surface area contributed by atoms with Crippen molar-refractivity contribution in [1.29, 1.82) is 0 Å². The molecule has 2 aromatic rings. The van der Waals surface area contributed by atoms with E-state index >= 15 is 0 Å². The van der Waals surface area contributed by atoms with Gasteiger partial charge < -0.3 is 0 Å². The highest BCUT2D eigenvalue weighted by molar-refractivity contribution is 8.04. The van der Waals surface area contributed by atoms with Crippen LogP contribution >= 0.6 is 23.4 Å². The maximum atomic E-state index is 12.4. The maximum absolute atomic E-state index is 12.4. The first-order chi connectivity index (χ1) is 10.6. The predicted molar refractivity (Wildman–Crippen MR) is 88.4 cm³/mol. The number of thioether (sulfide) groups is 1. The summed E-state index contributed by atoms with van der Waals surface area (Å²) in [6, 6.07) is 16.5. The van der Waals surface area contributed by atoms with E-state index in [1.807, 2.05) is 30.3 Å². The molecule has 2 amide bonds. The summed E-state index contributed by atoms with van der Waals surface area (Å²) in [5.41, 5.74) is 1.13. The van der Waals surface area contributed by atoms with Gasteiger partial charge in [0.15, 0.2) is 0 Å². The molecule has 0 radical (unpaired) electrons. The SMILES string of the molecule is CN1C(=O)C(Sc2ccccc2)=C(c2ccc(Cl)cc2)C1=O. The fraction of sp³-hybridized carbons (Fsp3) is 0.0588. The van der Waals surface area contributed by atoms with E-state index in [0.29, 0.717) is 21.1 Å². The highest BCUT2D eigenvalue weighted by Gasteiger charge is 2.36. The van der Waals surface area contributed by atoms with Crippen LogP contribution in [0.1, 0.15) is 5.56 Å². The first kappa shape index (κ1) is 14.9. The van der Waals surface area contributed by atoms with Crippen LogP contribution in [0.2, 0.25) is 5.02 Å². The smallest absolute Gasteiger partial charge is 0.268 e. The minimum absolute atomic E-state index is 0.274. The van der Waals surface area contributed by atoms with Gasteiger partial charge in [-0.05, 0) is 29.8 Å². The Morgan fingerprint density at radius 3 is 2.18 bits per heavy atom. The lowest BCUT2D eigenvalue weighted by atomic mass is 10.1. The molecule has 0 atom stereocenters. The molecule has 3 nitrogen and oxygen atoms in total. The number of amides is 2. The van der Waals surface area contributed by atoms with E-state index in [0.717, 1.165) is 9.80 Å². The fourth-order valence-electron chi connectivity index (χ4n) is 2.19. The number of likely N-dealkylation sites (N-methyl/N-ethyl adjacent to an activating group) is 1. The van der Waals surface area contributed by atoms with Gasteiger partial charge in [-0.2, -0.15) is 0 Å². The monoisotopic (exact) mass is 329 g/mol. The zero-order valence-electron chi connectivity index (χ0n) is 11.7. The van der Waals surface area contributed by atoms with Crippen molar-refractivity contribution in [3.63, 3.8) is 0 Å². The van der Waals surface area contributed by atoms with Crippen LogP contribution < -0.4 is 0 Å². The Hall–Kier alpha value is -2.04. The minimum Gasteiger partial charge on any atom is -0.277 e. The summed E-state index contributed by atoms with van der Waals surface area (Å²) in [6.45, 7) is 0. The summed E-state index contributed by atoms with van der Waals surface area (Å²) in [6.07, 6.45) is 0. The van der Waals surface area contributed by atoms with Crippen LogP contribution in [0.5, 0.6) is 0 Å². The largest absolute Gasteiger partial charge is 0.277 e. The van der Waals surface area contributed by atoms with Crippen LogP contribution in [-0.4, -0.2) is 23.8 Å². The zero-order valence-corrected chi connectivity index (χ0v) is 13.3. The average Bonchev–Trinajstić information content (AvgIpc) is 2.74. The van der Waals surface area contributed by atoms with Gasteiger partial charge in [0, 0.05) is 17.0 Å². The van der Waals surface area contributed by atoms with Crippen LogP contribution in [0.25, 0.3) is 5.57 Å². The fourth-order valence-corrected chi connectivity index (χ4v) is 3.37. The summed E-state index contributed by atoms with van der Waals surface area (Å²) >= 11 is 7.20. The molecule has 0 saturated carbocycles. The van der Waals surface area contributed by atoms with Gasteiger partial charge in [-0.3, -0.25) is 14.5 Å². The van der Waals surface area contributed by atoms with Crippen molar-refractivity contribution in [1.82, 2.24) is 4.90 Å². The molecule has 110 valence electrons. The second-order valence-electron chi connectivity index (χ2n) is 4.80. The maximum Gasteiger partial charge on any atom is 0.268 e. The van der Waals surface area contributed by atoms with Gasteiger partial charge in [0.2, 0.25) is 0 Å². The van der Waals surface area contributed by atoms with E-state index in [-0.39, 0.29) is 11.8 Å². The molecule has 0 N–H and O–H groups in total. The molecular weight excluding hydrogens is 318 g/mol. The van der Waals surface area contributed by atoms with Crippen molar-refractivity contribution in [3.05, 3.63) is 70.1 Å². The number of carbonyl (C=O) groups is 2. The van der Waals surface area contributed by atoms with E-state index in [1.165, 1.54) is 18.8 Å². The molecule has 0 aromatic heterocycles. The van der Waals surface area contributed by atoms with Gasteiger partial charge in [-0.25, -0.2) is 0 Å². The standard InChI is InChI=1S/C17H12ClNO2S/c1-19-16(20)14(11-7-9-12(18)10-8-11)15(17(19)21)22-13-5-3-2-4-6-13/h2-10H,1H3. The molecule has 0 bridgehead atoms. The van der Waals surface area contributed by atoms with Gasteiger partial charge in [-0.15, -0.1) is 0 Å². The minimum atomic E-state index is -0.286. The Morgan fingerprint density at radius 2 is 1.55 bits per heavy atom. The van der Waals surface area contributed by atoms with Crippen molar-refractivity contribution < 1.29 is 9.59 Å². The third kappa shape index (κ3) is 2.67. The van der Waals surface area contributed by atoms with E-state index in [9.17, 15) is 9.59 Å². The van der Waals surface area contributed by atoms with Crippen molar-refractivity contribution >= 4 is 40.8 Å².